The minimum Gasteiger partial charge on any atom is -0.353 e. The molecule has 6 nitrogen and oxygen atoms in total. The highest BCUT2D eigenvalue weighted by Crippen LogP contribution is 2.23. The summed E-state index contributed by atoms with van der Waals surface area (Å²) < 4.78 is 0. The van der Waals surface area contributed by atoms with Gasteiger partial charge in [-0.2, -0.15) is 4.98 Å². The van der Waals surface area contributed by atoms with Crippen molar-refractivity contribution >= 4 is 23.3 Å². The van der Waals surface area contributed by atoms with E-state index in [4.69, 9.17) is 4.98 Å². The highest BCUT2D eigenvalue weighted by Gasteiger charge is 2.20. The first kappa shape index (κ1) is 18.2. The lowest BCUT2D eigenvalue weighted by atomic mass is 10.1. The highest BCUT2D eigenvalue weighted by molar-refractivity contribution is 5.61. The van der Waals surface area contributed by atoms with E-state index in [0.717, 1.165) is 49.2 Å². The molecule has 1 saturated heterocycles. The van der Waals surface area contributed by atoms with E-state index in [-0.39, 0.29) is 0 Å². The average molecular weight is 374 g/mol. The molecule has 3 aromatic rings. The molecule has 0 aliphatic carbocycles. The Morgan fingerprint density at radius 2 is 1.57 bits per heavy atom. The zero-order valence-electron chi connectivity index (χ0n) is 16.7. The van der Waals surface area contributed by atoms with Crippen molar-refractivity contribution in [1.82, 2.24) is 15.0 Å². The molecule has 0 amide bonds. The second-order valence-electron chi connectivity index (χ2n) is 7.30. The maximum atomic E-state index is 4.79. The number of nitrogens with zero attached hydrogens (tertiary/aromatic N) is 5. The number of pyridine rings is 1. The summed E-state index contributed by atoms with van der Waals surface area (Å²) in [6.07, 6.45) is 1.85. The number of hydrogen-bond acceptors (Lipinski definition) is 6. The van der Waals surface area contributed by atoms with Gasteiger partial charge in [0, 0.05) is 49.8 Å². The predicted octanol–water partition coefficient (Wildman–Crippen LogP) is 3.87. The van der Waals surface area contributed by atoms with Gasteiger partial charge in [-0.25, -0.2) is 9.97 Å². The normalized spacial score (nSPS) is 14.2. The largest absolute Gasteiger partial charge is 0.353 e. The van der Waals surface area contributed by atoms with Crippen LogP contribution in [-0.2, 0) is 0 Å². The maximum Gasteiger partial charge on any atom is 0.229 e. The molecule has 1 aliphatic rings. The molecule has 1 aromatic carbocycles. The van der Waals surface area contributed by atoms with Crippen molar-refractivity contribution in [2.75, 3.05) is 41.3 Å². The molecule has 4 rings (SSSR count). The summed E-state index contributed by atoms with van der Waals surface area (Å²) in [5, 5.41) is 3.40. The van der Waals surface area contributed by atoms with E-state index in [2.05, 4.69) is 69.3 Å². The third-order valence-electron chi connectivity index (χ3n) is 5.06. The molecule has 3 heterocycles. The summed E-state index contributed by atoms with van der Waals surface area (Å²) in [7, 11) is 0. The summed E-state index contributed by atoms with van der Waals surface area (Å²) in [6.45, 7) is 9.89. The van der Waals surface area contributed by atoms with E-state index in [1.165, 1.54) is 11.1 Å². The van der Waals surface area contributed by atoms with E-state index >= 15 is 0 Å². The van der Waals surface area contributed by atoms with Crippen LogP contribution in [0.2, 0.25) is 0 Å². The van der Waals surface area contributed by atoms with Crippen molar-refractivity contribution in [3.05, 3.63) is 65.5 Å². The minimum atomic E-state index is 0.649. The van der Waals surface area contributed by atoms with E-state index < -0.39 is 0 Å². The van der Waals surface area contributed by atoms with Gasteiger partial charge in [-0.05, 0) is 50.1 Å². The summed E-state index contributed by atoms with van der Waals surface area (Å²) >= 11 is 0. The first-order valence-electron chi connectivity index (χ1n) is 9.69. The van der Waals surface area contributed by atoms with Gasteiger partial charge in [-0.15, -0.1) is 0 Å². The molecule has 0 unspecified atom stereocenters. The second-order valence-corrected chi connectivity index (χ2v) is 7.30. The molecular weight excluding hydrogens is 348 g/mol. The van der Waals surface area contributed by atoms with Crippen LogP contribution < -0.4 is 15.1 Å². The van der Waals surface area contributed by atoms with Crippen LogP contribution >= 0.6 is 0 Å². The number of aromatic nitrogens is 3. The van der Waals surface area contributed by atoms with Crippen LogP contribution in [0.25, 0.3) is 0 Å². The van der Waals surface area contributed by atoms with Crippen molar-refractivity contribution in [3.63, 3.8) is 0 Å². The monoisotopic (exact) mass is 374 g/mol. The summed E-state index contributed by atoms with van der Waals surface area (Å²) in [4.78, 5) is 18.5. The maximum absolute atomic E-state index is 4.79. The number of piperazine rings is 1. The number of nitrogens with one attached hydrogen (secondary N) is 1. The number of aryl methyl sites for hydroxylation is 3. The Bertz CT molecular complexity index is 948. The fraction of sp³-hybridized carbons (Fsp3) is 0.318. The Kier molecular flexibility index (Phi) is 5.10. The Morgan fingerprint density at radius 1 is 0.821 bits per heavy atom. The fourth-order valence-electron chi connectivity index (χ4n) is 3.47. The summed E-state index contributed by atoms with van der Waals surface area (Å²) in [5.41, 5.74) is 4.41. The van der Waals surface area contributed by atoms with Gasteiger partial charge in [0.15, 0.2) is 0 Å². The second kappa shape index (κ2) is 7.84. The zero-order valence-corrected chi connectivity index (χ0v) is 16.7. The van der Waals surface area contributed by atoms with Crippen LogP contribution in [0.1, 0.15) is 16.8 Å². The van der Waals surface area contributed by atoms with Crippen LogP contribution in [0.5, 0.6) is 0 Å². The van der Waals surface area contributed by atoms with Gasteiger partial charge in [0.05, 0.1) is 0 Å². The Balaban J connectivity index is 1.49. The molecular formula is C22H26N6. The Morgan fingerprint density at radius 3 is 2.29 bits per heavy atom. The van der Waals surface area contributed by atoms with E-state index in [0.29, 0.717) is 5.95 Å². The topological polar surface area (TPSA) is 57.2 Å². The molecule has 1 fully saturated rings. The molecule has 28 heavy (non-hydrogen) atoms. The lowest BCUT2D eigenvalue weighted by molar-refractivity contribution is 0.641. The van der Waals surface area contributed by atoms with Crippen LogP contribution in [0.15, 0.2) is 48.7 Å². The van der Waals surface area contributed by atoms with Crippen molar-refractivity contribution < 1.29 is 0 Å². The van der Waals surface area contributed by atoms with Crippen molar-refractivity contribution in [2.45, 2.75) is 20.8 Å². The lowest BCUT2D eigenvalue weighted by Crippen LogP contribution is -2.47. The lowest BCUT2D eigenvalue weighted by Gasteiger charge is -2.36. The van der Waals surface area contributed by atoms with Gasteiger partial charge < -0.3 is 15.1 Å². The average Bonchev–Trinajstić information content (AvgIpc) is 2.71. The molecule has 1 aliphatic heterocycles. The zero-order chi connectivity index (χ0) is 19.5. The third kappa shape index (κ3) is 4.06. The molecule has 0 saturated carbocycles. The van der Waals surface area contributed by atoms with Crippen LogP contribution in [0.4, 0.5) is 23.3 Å². The van der Waals surface area contributed by atoms with E-state index in [1.807, 2.05) is 25.3 Å². The fourth-order valence-corrected chi connectivity index (χ4v) is 3.47. The first-order valence-corrected chi connectivity index (χ1v) is 9.69. The molecule has 0 spiro atoms. The van der Waals surface area contributed by atoms with Crippen molar-refractivity contribution in [2.24, 2.45) is 0 Å². The highest BCUT2D eigenvalue weighted by atomic mass is 15.3. The van der Waals surface area contributed by atoms with Crippen molar-refractivity contribution in [3.8, 4) is 0 Å². The summed E-state index contributed by atoms with van der Waals surface area (Å²) in [5.74, 6) is 2.66. The molecule has 1 N–H and O–H groups in total. The molecule has 0 atom stereocenters. The number of hydrogen-bond donors (Lipinski definition) is 1. The van der Waals surface area contributed by atoms with Gasteiger partial charge in [-0.3, -0.25) is 0 Å². The smallest absolute Gasteiger partial charge is 0.229 e. The molecule has 6 heteroatoms. The molecule has 0 radical (unpaired) electrons. The number of benzene rings is 1. The molecule has 0 bridgehead atoms. The molecule has 2 aromatic heterocycles. The van der Waals surface area contributed by atoms with E-state index in [1.54, 1.807) is 0 Å². The standard InChI is InChI=1S/C22H26N6/c1-16-7-8-17(2)19(14-16)25-22-24-18(3)15-21(26-22)28-12-10-27(11-13-28)20-6-4-5-9-23-20/h4-9,14-15H,10-13H2,1-3H3,(H,24,25,26). The molecule has 144 valence electrons. The minimum absolute atomic E-state index is 0.649. The quantitative estimate of drug-likeness (QED) is 0.748. The SMILES string of the molecule is Cc1ccc(C)c(Nc2nc(C)cc(N3CCN(c4ccccn4)CC3)n2)c1. The van der Waals surface area contributed by atoms with Gasteiger partial charge in [0.2, 0.25) is 5.95 Å². The van der Waals surface area contributed by atoms with Gasteiger partial charge in [0.25, 0.3) is 0 Å². The van der Waals surface area contributed by atoms with Crippen LogP contribution in [-0.4, -0.2) is 41.1 Å². The predicted molar refractivity (Wildman–Crippen MR) is 115 cm³/mol. The van der Waals surface area contributed by atoms with E-state index in [9.17, 15) is 0 Å². The van der Waals surface area contributed by atoms with Crippen molar-refractivity contribution in [1.29, 1.82) is 0 Å². The first-order chi connectivity index (χ1) is 13.6. The van der Waals surface area contributed by atoms with Gasteiger partial charge >= 0.3 is 0 Å². The Labute approximate surface area is 166 Å². The number of anilines is 4. The third-order valence-corrected chi connectivity index (χ3v) is 5.06. The number of rotatable bonds is 4. The summed E-state index contributed by atoms with van der Waals surface area (Å²) in [6, 6.07) is 14.5. The Hall–Kier alpha value is -3.15. The van der Waals surface area contributed by atoms with Gasteiger partial charge in [-0.1, -0.05) is 18.2 Å². The van der Waals surface area contributed by atoms with Crippen LogP contribution in [0.3, 0.4) is 0 Å². The van der Waals surface area contributed by atoms with Gasteiger partial charge in [0.1, 0.15) is 11.6 Å². The van der Waals surface area contributed by atoms with Crippen LogP contribution in [0, 0.1) is 20.8 Å².